The zero-order valence-electron chi connectivity index (χ0n) is 21.1. The van der Waals surface area contributed by atoms with Crippen LogP contribution in [0.15, 0.2) is 90.0 Å². The van der Waals surface area contributed by atoms with Crippen molar-refractivity contribution in [1.82, 2.24) is 10.7 Å². The molecule has 39 heavy (non-hydrogen) atoms. The van der Waals surface area contributed by atoms with Gasteiger partial charge in [0, 0.05) is 16.1 Å². The normalized spacial score (nSPS) is 10.8. The number of ether oxygens (including phenoxy) is 2. The maximum atomic E-state index is 12.7. The maximum absolute atomic E-state index is 12.7. The zero-order chi connectivity index (χ0) is 27.6. The molecule has 0 aliphatic heterocycles. The Hall–Kier alpha value is -4.69. The summed E-state index contributed by atoms with van der Waals surface area (Å²) in [5.74, 6) is -0.546. The number of hydrogen-bond acceptors (Lipinski definition) is 6. The molecule has 2 N–H and O–H groups in total. The third kappa shape index (κ3) is 7.43. The Labute approximate surface area is 230 Å². The molecule has 0 saturated heterocycles. The fourth-order valence-corrected chi connectivity index (χ4v) is 3.76. The molecule has 0 atom stereocenters. The summed E-state index contributed by atoms with van der Waals surface area (Å²) in [7, 11) is 0. The van der Waals surface area contributed by atoms with Crippen LogP contribution in [-0.2, 0) is 4.79 Å². The van der Waals surface area contributed by atoms with Crippen LogP contribution in [0.25, 0.3) is 10.8 Å². The van der Waals surface area contributed by atoms with E-state index in [2.05, 4.69) is 15.8 Å². The molecule has 0 bridgehead atoms. The first-order valence-electron chi connectivity index (χ1n) is 12.3. The lowest BCUT2D eigenvalue weighted by Crippen LogP contribution is -2.34. The van der Waals surface area contributed by atoms with Crippen LogP contribution in [0.2, 0.25) is 5.02 Å². The number of rotatable bonds is 10. The highest BCUT2D eigenvalue weighted by atomic mass is 35.5. The van der Waals surface area contributed by atoms with Crippen LogP contribution in [0, 0.1) is 0 Å². The third-order valence-corrected chi connectivity index (χ3v) is 5.85. The predicted molar refractivity (Wildman–Crippen MR) is 151 cm³/mol. The molecule has 4 aromatic carbocycles. The highest BCUT2D eigenvalue weighted by Gasteiger charge is 2.14. The summed E-state index contributed by atoms with van der Waals surface area (Å²) in [4.78, 5) is 37.4. The average molecular weight is 544 g/mol. The number of carbonyl (C=O) groups excluding carboxylic acids is 3. The summed E-state index contributed by atoms with van der Waals surface area (Å²) >= 11 is 5.91. The number of fused-ring (bicyclic) bond motifs is 1. The Balaban J connectivity index is 1.40. The lowest BCUT2D eigenvalue weighted by Gasteiger charge is -2.11. The average Bonchev–Trinajstić information content (AvgIpc) is 2.96. The van der Waals surface area contributed by atoms with Crippen LogP contribution >= 0.6 is 11.6 Å². The van der Waals surface area contributed by atoms with Crippen LogP contribution in [0.5, 0.6) is 11.5 Å². The molecule has 198 valence electrons. The molecular formula is C30H26ClN3O5. The molecule has 0 aromatic heterocycles. The standard InChI is InChI=1S/C30H26ClN3O5/c1-2-17-38-24-14-9-21(10-15-24)29(36)32-19-28(35)34-33-18-26-25-6-4-3-5-20(25)11-16-27(26)39-30(37)22-7-12-23(31)13-8-22/h3-16,18H,2,17,19H2,1H3,(H,32,36)(H,34,35). The van der Waals surface area contributed by atoms with Gasteiger partial charge in [-0.2, -0.15) is 5.10 Å². The topological polar surface area (TPSA) is 106 Å². The summed E-state index contributed by atoms with van der Waals surface area (Å²) in [5, 5.41) is 8.77. The van der Waals surface area contributed by atoms with E-state index in [1.54, 1.807) is 54.6 Å². The SMILES string of the molecule is CCCOc1ccc(C(=O)NCC(=O)NN=Cc2c(OC(=O)c3ccc(Cl)cc3)ccc3ccccc23)cc1. The number of esters is 1. The molecule has 2 amide bonds. The van der Waals surface area contributed by atoms with Gasteiger partial charge in [0.1, 0.15) is 11.5 Å². The van der Waals surface area contributed by atoms with Crippen LogP contribution in [0.1, 0.15) is 39.6 Å². The number of nitrogens with zero attached hydrogens (tertiary/aromatic N) is 1. The second-order valence-electron chi connectivity index (χ2n) is 8.44. The van der Waals surface area contributed by atoms with Crippen molar-refractivity contribution in [2.24, 2.45) is 5.10 Å². The van der Waals surface area contributed by atoms with E-state index < -0.39 is 17.8 Å². The molecule has 0 aliphatic rings. The monoisotopic (exact) mass is 543 g/mol. The van der Waals surface area contributed by atoms with Crippen molar-refractivity contribution in [1.29, 1.82) is 0 Å². The van der Waals surface area contributed by atoms with Gasteiger partial charge in [-0.25, -0.2) is 10.2 Å². The molecule has 4 aromatic rings. The Morgan fingerprint density at radius 1 is 0.897 bits per heavy atom. The fourth-order valence-electron chi connectivity index (χ4n) is 3.64. The largest absolute Gasteiger partial charge is 0.494 e. The number of amides is 2. The predicted octanol–water partition coefficient (Wildman–Crippen LogP) is 5.38. The van der Waals surface area contributed by atoms with Crippen molar-refractivity contribution in [3.05, 3.63) is 107 Å². The maximum Gasteiger partial charge on any atom is 0.343 e. The number of halogens is 1. The number of nitrogens with one attached hydrogen (secondary N) is 2. The third-order valence-electron chi connectivity index (χ3n) is 5.60. The van der Waals surface area contributed by atoms with Crippen molar-refractivity contribution in [2.45, 2.75) is 13.3 Å². The van der Waals surface area contributed by atoms with E-state index in [0.717, 1.165) is 17.2 Å². The Bertz CT molecular complexity index is 1500. The highest BCUT2D eigenvalue weighted by Crippen LogP contribution is 2.27. The van der Waals surface area contributed by atoms with Gasteiger partial charge in [-0.05, 0) is 71.8 Å². The molecule has 0 fully saturated rings. The van der Waals surface area contributed by atoms with Gasteiger partial charge in [0.05, 0.1) is 24.9 Å². The van der Waals surface area contributed by atoms with Gasteiger partial charge < -0.3 is 14.8 Å². The van der Waals surface area contributed by atoms with Crippen molar-refractivity contribution in [3.8, 4) is 11.5 Å². The van der Waals surface area contributed by atoms with E-state index in [4.69, 9.17) is 21.1 Å². The number of hydrazone groups is 1. The molecule has 0 saturated carbocycles. The van der Waals surface area contributed by atoms with Gasteiger partial charge in [-0.3, -0.25) is 9.59 Å². The fraction of sp³-hybridized carbons (Fsp3) is 0.133. The van der Waals surface area contributed by atoms with Gasteiger partial charge in [0.15, 0.2) is 0 Å². The van der Waals surface area contributed by atoms with Crippen LogP contribution < -0.4 is 20.2 Å². The first-order valence-corrected chi connectivity index (χ1v) is 12.6. The van der Waals surface area contributed by atoms with Crippen LogP contribution in [0.4, 0.5) is 0 Å². The minimum atomic E-state index is -0.562. The summed E-state index contributed by atoms with van der Waals surface area (Å²) in [5.41, 5.74) is 3.64. The van der Waals surface area contributed by atoms with E-state index in [-0.39, 0.29) is 12.3 Å². The van der Waals surface area contributed by atoms with Gasteiger partial charge in [0.2, 0.25) is 0 Å². The molecule has 0 spiro atoms. The Morgan fingerprint density at radius 2 is 1.62 bits per heavy atom. The minimum absolute atomic E-state index is 0.270. The quantitative estimate of drug-likeness (QED) is 0.121. The second kappa shape index (κ2) is 13.2. The van der Waals surface area contributed by atoms with Gasteiger partial charge in [0.25, 0.3) is 11.8 Å². The van der Waals surface area contributed by atoms with Crippen molar-refractivity contribution >= 4 is 46.4 Å². The lowest BCUT2D eigenvalue weighted by atomic mass is 10.0. The van der Waals surface area contributed by atoms with E-state index in [1.165, 1.54) is 6.21 Å². The first-order chi connectivity index (χ1) is 18.9. The molecule has 4 rings (SSSR count). The van der Waals surface area contributed by atoms with Gasteiger partial charge in [-0.15, -0.1) is 0 Å². The second-order valence-corrected chi connectivity index (χ2v) is 8.88. The van der Waals surface area contributed by atoms with E-state index in [1.807, 2.05) is 37.3 Å². The summed E-state index contributed by atoms with van der Waals surface area (Å²) in [6, 6.07) is 24.0. The zero-order valence-corrected chi connectivity index (χ0v) is 21.9. The van der Waals surface area contributed by atoms with E-state index >= 15 is 0 Å². The molecule has 0 aliphatic carbocycles. The van der Waals surface area contributed by atoms with E-state index in [9.17, 15) is 14.4 Å². The number of benzene rings is 4. The molecule has 9 heteroatoms. The Kier molecular flexibility index (Phi) is 9.26. The van der Waals surface area contributed by atoms with Crippen molar-refractivity contribution < 1.29 is 23.9 Å². The van der Waals surface area contributed by atoms with Gasteiger partial charge in [-0.1, -0.05) is 48.9 Å². The molecule has 0 unspecified atom stereocenters. The summed E-state index contributed by atoms with van der Waals surface area (Å²) < 4.78 is 11.2. The number of hydrogen-bond donors (Lipinski definition) is 2. The van der Waals surface area contributed by atoms with Crippen molar-refractivity contribution in [2.75, 3.05) is 13.2 Å². The Morgan fingerprint density at radius 3 is 2.36 bits per heavy atom. The van der Waals surface area contributed by atoms with Gasteiger partial charge >= 0.3 is 5.97 Å². The molecule has 8 nitrogen and oxygen atoms in total. The van der Waals surface area contributed by atoms with Crippen molar-refractivity contribution in [3.63, 3.8) is 0 Å². The summed E-state index contributed by atoms with van der Waals surface area (Å²) in [6.45, 7) is 2.32. The summed E-state index contributed by atoms with van der Waals surface area (Å²) in [6.07, 6.45) is 2.29. The number of carbonyl (C=O) groups is 3. The lowest BCUT2D eigenvalue weighted by molar-refractivity contribution is -0.120. The minimum Gasteiger partial charge on any atom is -0.494 e. The van der Waals surface area contributed by atoms with Crippen LogP contribution in [0.3, 0.4) is 0 Å². The molecule has 0 heterocycles. The van der Waals surface area contributed by atoms with E-state index in [0.29, 0.717) is 34.1 Å². The molecular weight excluding hydrogens is 518 g/mol. The molecule has 0 radical (unpaired) electrons. The highest BCUT2D eigenvalue weighted by molar-refractivity contribution is 6.30. The first kappa shape index (κ1) is 27.3. The smallest absolute Gasteiger partial charge is 0.343 e. The van der Waals surface area contributed by atoms with Crippen LogP contribution in [-0.4, -0.2) is 37.1 Å².